The van der Waals surface area contributed by atoms with Gasteiger partial charge in [-0.15, -0.1) is 0 Å². The van der Waals surface area contributed by atoms with Gasteiger partial charge >= 0.3 is 0 Å². The Labute approximate surface area is 114 Å². The second kappa shape index (κ2) is 8.01. The first-order chi connectivity index (χ1) is 9.03. The molecule has 19 heavy (non-hydrogen) atoms. The Hall–Kier alpha value is -1.27. The highest BCUT2D eigenvalue weighted by Gasteiger charge is 2.03. The Balaban J connectivity index is 2.26. The van der Waals surface area contributed by atoms with Crippen LogP contribution in [0.2, 0.25) is 0 Å². The van der Waals surface area contributed by atoms with E-state index in [0.717, 1.165) is 5.75 Å². The Morgan fingerprint density at radius 1 is 1.11 bits per heavy atom. The van der Waals surface area contributed by atoms with Gasteiger partial charge in [0, 0.05) is 19.3 Å². The standard InChI is InChI=1S/C13H21NO4S/c1-3-17-12-6-4-5-7-13(12)18-10-8-14-9-11-19(2,15)16/h4-7,14H,3,8-11H2,1-2H3. The summed E-state index contributed by atoms with van der Waals surface area (Å²) in [7, 11) is -2.90. The zero-order valence-electron chi connectivity index (χ0n) is 11.4. The number of ether oxygens (including phenoxy) is 2. The maximum Gasteiger partial charge on any atom is 0.161 e. The Morgan fingerprint density at radius 3 is 2.32 bits per heavy atom. The predicted octanol–water partition coefficient (Wildman–Crippen LogP) is 1.10. The second-order valence-electron chi connectivity index (χ2n) is 4.11. The van der Waals surface area contributed by atoms with Crippen molar-refractivity contribution in [1.82, 2.24) is 5.32 Å². The fourth-order valence-corrected chi connectivity index (χ4v) is 1.98. The molecule has 0 heterocycles. The molecule has 0 saturated carbocycles. The summed E-state index contributed by atoms with van der Waals surface area (Å²) in [4.78, 5) is 0. The summed E-state index contributed by atoms with van der Waals surface area (Å²) in [6.45, 7) is 4.01. The third-order valence-electron chi connectivity index (χ3n) is 2.34. The number of benzene rings is 1. The van der Waals surface area contributed by atoms with Crippen LogP contribution in [-0.2, 0) is 9.84 Å². The topological polar surface area (TPSA) is 64.6 Å². The van der Waals surface area contributed by atoms with E-state index in [2.05, 4.69) is 5.32 Å². The van der Waals surface area contributed by atoms with Crippen LogP contribution < -0.4 is 14.8 Å². The van der Waals surface area contributed by atoms with Crippen LogP contribution in [0.5, 0.6) is 11.5 Å². The molecule has 1 rings (SSSR count). The summed E-state index contributed by atoms with van der Waals surface area (Å²) in [5.41, 5.74) is 0. The van der Waals surface area contributed by atoms with Gasteiger partial charge < -0.3 is 14.8 Å². The number of nitrogens with one attached hydrogen (secondary N) is 1. The first-order valence-electron chi connectivity index (χ1n) is 6.26. The minimum atomic E-state index is -2.90. The van der Waals surface area contributed by atoms with Gasteiger partial charge in [-0.2, -0.15) is 0 Å². The molecule has 1 aromatic rings. The summed E-state index contributed by atoms with van der Waals surface area (Å²) < 4.78 is 32.8. The summed E-state index contributed by atoms with van der Waals surface area (Å²) in [5, 5.41) is 3.02. The number of rotatable bonds is 9. The number of para-hydroxylation sites is 2. The third-order valence-corrected chi connectivity index (χ3v) is 3.28. The van der Waals surface area contributed by atoms with Crippen molar-refractivity contribution in [3.63, 3.8) is 0 Å². The molecule has 0 bridgehead atoms. The molecular formula is C13H21NO4S. The maximum absolute atomic E-state index is 10.9. The summed E-state index contributed by atoms with van der Waals surface area (Å²) in [6, 6.07) is 7.48. The van der Waals surface area contributed by atoms with Gasteiger partial charge in [-0.05, 0) is 19.1 Å². The second-order valence-corrected chi connectivity index (χ2v) is 6.37. The molecule has 0 aliphatic rings. The molecule has 0 aliphatic carbocycles. The van der Waals surface area contributed by atoms with Crippen LogP contribution in [0.1, 0.15) is 6.92 Å². The highest BCUT2D eigenvalue weighted by atomic mass is 32.2. The summed E-state index contributed by atoms with van der Waals surface area (Å²) >= 11 is 0. The first-order valence-corrected chi connectivity index (χ1v) is 8.32. The molecule has 0 aromatic heterocycles. The van der Waals surface area contributed by atoms with Gasteiger partial charge in [0.25, 0.3) is 0 Å². The lowest BCUT2D eigenvalue weighted by Gasteiger charge is -2.11. The van der Waals surface area contributed by atoms with E-state index in [9.17, 15) is 8.42 Å². The van der Waals surface area contributed by atoms with E-state index in [-0.39, 0.29) is 5.75 Å². The highest BCUT2D eigenvalue weighted by Crippen LogP contribution is 2.25. The largest absolute Gasteiger partial charge is 0.490 e. The van der Waals surface area contributed by atoms with Crippen molar-refractivity contribution in [3.8, 4) is 11.5 Å². The minimum Gasteiger partial charge on any atom is -0.490 e. The third kappa shape index (κ3) is 7.03. The maximum atomic E-state index is 10.9. The van der Waals surface area contributed by atoms with Crippen molar-refractivity contribution in [3.05, 3.63) is 24.3 Å². The molecule has 108 valence electrons. The van der Waals surface area contributed by atoms with Crippen molar-refractivity contribution < 1.29 is 17.9 Å². The summed E-state index contributed by atoms with van der Waals surface area (Å²) in [6.07, 6.45) is 1.23. The minimum absolute atomic E-state index is 0.141. The fraction of sp³-hybridized carbons (Fsp3) is 0.538. The van der Waals surface area contributed by atoms with E-state index in [1.807, 2.05) is 31.2 Å². The Bertz CT molecular complexity index is 473. The molecule has 0 spiro atoms. The first kappa shape index (κ1) is 15.8. The van der Waals surface area contributed by atoms with Gasteiger partial charge in [0.2, 0.25) is 0 Å². The fourth-order valence-electron chi connectivity index (χ4n) is 1.46. The zero-order valence-corrected chi connectivity index (χ0v) is 12.2. The van der Waals surface area contributed by atoms with E-state index in [4.69, 9.17) is 9.47 Å². The van der Waals surface area contributed by atoms with Crippen molar-refractivity contribution in [2.24, 2.45) is 0 Å². The molecule has 0 amide bonds. The summed E-state index contributed by atoms with van der Waals surface area (Å²) in [5.74, 6) is 1.57. The molecule has 0 radical (unpaired) electrons. The molecule has 1 aromatic carbocycles. The van der Waals surface area contributed by atoms with Crippen molar-refractivity contribution in [2.45, 2.75) is 6.92 Å². The van der Waals surface area contributed by atoms with E-state index in [1.54, 1.807) is 0 Å². The van der Waals surface area contributed by atoms with Crippen molar-refractivity contribution in [1.29, 1.82) is 0 Å². The molecule has 0 aliphatic heterocycles. The van der Waals surface area contributed by atoms with E-state index in [0.29, 0.717) is 32.1 Å². The molecule has 0 saturated heterocycles. The smallest absolute Gasteiger partial charge is 0.161 e. The van der Waals surface area contributed by atoms with Crippen LogP contribution in [-0.4, -0.2) is 46.7 Å². The van der Waals surface area contributed by atoms with Gasteiger partial charge in [-0.1, -0.05) is 12.1 Å². The van der Waals surface area contributed by atoms with Gasteiger partial charge in [-0.25, -0.2) is 8.42 Å². The average molecular weight is 287 g/mol. The van der Waals surface area contributed by atoms with Crippen molar-refractivity contribution >= 4 is 9.84 Å². The SMILES string of the molecule is CCOc1ccccc1OCCNCCS(C)(=O)=O. The normalized spacial score (nSPS) is 11.3. The van der Waals surface area contributed by atoms with E-state index >= 15 is 0 Å². The van der Waals surface area contributed by atoms with Crippen LogP contribution >= 0.6 is 0 Å². The monoisotopic (exact) mass is 287 g/mol. The molecular weight excluding hydrogens is 266 g/mol. The quantitative estimate of drug-likeness (QED) is 0.689. The van der Waals surface area contributed by atoms with Crippen LogP contribution in [0.3, 0.4) is 0 Å². The van der Waals surface area contributed by atoms with Gasteiger partial charge in [0.15, 0.2) is 11.5 Å². The molecule has 0 atom stereocenters. The van der Waals surface area contributed by atoms with Gasteiger partial charge in [0.1, 0.15) is 16.4 Å². The van der Waals surface area contributed by atoms with Crippen LogP contribution in [0.15, 0.2) is 24.3 Å². The molecule has 5 nitrogen and oxygen atoms in total. The van der Waals surface area contributed by atoms with Crippen LogP contribution in [0.25, 0.3) is 0 Å². The van der Waals surface area contributed by atoms with Gasteiger partial charge in [-0.3, -0.25) is 0 Å². The lowest BCUT2D eigenvalue weighted by atomic mass is 10.3. The van der Waals surface area contributed by atoms with E-state index in [1.165, 1.54) is 6.26 Å². The molecule has 0 unspecified atom stereocenters. The number of hydrogen-bond donors (Lipinski definition) is 1. The average Bonchev–Trinajstić information content (AvgIpc) is 2.34. The molecule has 1 N–H and O–H groups in total. The lowest BCUT2D eigenvalue weighted by molar-refractivity contribution is 0.276. The van der Waals surface area contributed by atoms with Gasteiger partial charge in [0.05, 0.1) is 12.4 Å². The predicted molar refractivity (Wildman–Crippen MR) is 75.7 cm³/mol. The molecule has 6 heteroatoms. The zero-order chi connectivity index (χ0) is 14.1. The number of hydrogen-bond acceptors (Lipinski definition) is 5. The highest BCUT2D eigenvalue weighted by molar-refractivity contribution is 7.90. The van der Waals surface area contributed by atoms with Crippen LogP contribution in [0, 0.1) is 0 Å². The Kier molecular flexibility index (Phi) is 6.66. The van der Waals surface area contributed by atoms with Crippen LogP contribution in [0.4, 0.5) is 0 Å². The Morgan fingerprint density at radius 2 is 1.74 bits per heavy atom. The number of sulfone groups is 1. The van der Waals surface area contributed by atoms with E-state index < -0.39 is 9.84 Å². The lowest BCUT2D eigenvalue weighted by Crippen LogP contribution is -2.26. The van der Waals surface area contributed by atoms with Crippen molar-refractivity contribution in [2.75, 3.05) is 38.3 Å². The molecule has 0 fully saturated rings.